The molecule has 166 valence electrons. The maximum Gasteiger partial charge on any atom is 0.174 e. The van der Waals surface area contributed by atoms with Crippen LogP contribution in [0, 0.1) is 6.92 Å². The van der Waals surface area contributed by atoms with Gasteiger partial charge in [-0.3, -0.25) is 4.98 Å². The number of furan rings is 1. The summed E-state index contributed by atoms with van der Waals surface area (Å²) in [7, 11) is 0. The van der Waals surface area contributed by atoms with Crippen molar-refractivity contribution < 1.29 is 4.42 Å². The van der Waals surface area contributed by atoms with Crippen LogP contribution in [-0.4, -0.2) is 10.1 Å². The topological polar surface area (TPSA) is 41.3 Å². The summed E-state index contributed by atoms with van der Waals surface area (Å²) in [6.45, 7) is 2.05. The Morgan fingerprint density at radius 1 is 1.06 bits per heavy atom. The van der Waals surface area contributed by atoms with E-state index in [2.05, 4.69) is 44.1 Å². The third kappa shape index (κ3) is 4.28. The molecule has 0 saturated carbocycles. The lowest BCUT2D eigenvalue weighted by molar-refractivity contribution is 0.439. The highest BCUT2D eigenvalue weighted by molar-refractivity contribution is 9.10. The van der Waals surface area contributed by atoms with Crippen LogP contribution in [0.4, 0.5) is 5.69 Å². The van der Waals surface area contributed by atoms with Crippen molar-refractivity contribution >= 4 is 62.1 Å². The molecular formula is C25H18BrCl2N3OS. The zero-order valence-electron chi connectivity index (χ0n) is 17.4. The molecular weight excluding hydrogens is 541 g/mol. The van der Waals surface area contributed by atoms with Gasteiger partial charge >= 0.3 is 0 Å². The van der Waals surface area contributed by atoms with Gasteiger partial charge in [-0.2, -0.15) is 0 Å². The number of nitrogens with zero attached hydrogens (tertiary/aromatic N) is 2. The predicted molar refractivity (Wildman–Crippen MR) is 141 cm³/mol. The van der Waals surface area contributed by atoms with Crippen LogP contribution in [0.25, 0.3) is 11.3 Å². The van der Waals surface area contributed by atoms with Gasteiger partial charge < -0.3 is 14.6 Å². The first-order valence-electron chi connectivity index (χ1n) is 10.2. The molecule has 1 fully saturated rings. The second kappa shape index (κ2) is 9.11. The van der Waals surface area contributed by atoms with Crippen molar-refractivity contribution in [1.82, 2.24) is 10.3 Å². The molecule has 0 spiro atoms. The lowest BCUT2D eigenvalue weighted by atomic mass is 10.0. The Labute approximate surface area is 215 Å². The Bertz CT molecular complexity index is 1340. The summed E-state index contributed by atoms with van der Waals surface area (Å²) < 4.78 is 7.42. The molecule has 0 amide bonds. The van der Waals surface area contributed by atoms with E-state index in [1.54, 1.807) is 18.3 Å². The first-order valence-corrected chi connectivity index (χ1v) is 12.2. The van der Waals surface area contributed by atoms with Crippen LogP contribution in [0.15, 0.2) is 81.8 Å². The van der Waals surface area contributed by atoms with Gasteiger partial charge in [0.05, 0.1) is 16.8 Å². The number of thiocarbonyl (C=S) groups is 1. The van der Waals surface area contributed by atoms with Gasteiger partial charge in [-0.25, -0.2) is 0 Å². The number of anilines is 1. The smallest absolute Gasteiger partial charge is 0.174 e. The number of hydrogen-bond acceptors (Lipinski definition) is 3. The minimum absolute atomic E-state index is 0.192. The summed E-state index contributed by atoms with van der Waals surface area (Å²) in [5.74, 6) is 1.41. The highest BCUT2D eigenvalue weighted by Gasteiger charge is 2.42. The van der Waals surface area contributed by atoms with Gasteiger partial charge in [0, 0.05) is 26.9 Å². The molecule has 0 radical (unpaired) electrons. The molecule has 2 atom stereocenters. The van der Waals surface area contributed by atoms with Gasteiger partial charge in [0.15, 0.2) is 5.11 Å². The molecule has 4 nitrogen and oxygen atoms in total. The molecule has 1 saturated heterocycles. The minimum Gasteiger partial charge on any atom is -0.459 e. The van der Waals surface area contributed by atoms with Gasteiger partial charge in [0.25, 0.3) is 0 Å². The molecule has 3 heterocycles. The van der Waals surface area contributed by atoms with Crippen LogP contribution in [0.2, 0.25) is 10.0 Å². The number of halogens is 3. The SMILES string of the molecule is Cc1cc(N2C(=S)N[C@H](c3ccccn3)[C@@H]2c2ccc(-c3ccc(Cl)cc3Cl)o2)ccc1Br. The first-order chi connectivity index (χ1) is 15.9. The van der Waals surface area contributed by atoms with E-state index in [1.165, 1.54) is 0 Å². The maximum atomic E-state index is 6.44. The molecule has 0 unspecified atom stereocenters. The molecule has 1 aliphatic heterocycles. The Balaban J connectivity index is 1.61. The fourth-order valence-electron chi connectivity index (χ4n) is 4.05. The lowest BCUT2D eigenvalue weighted by Crippen LogP contribution is -2.29. The first kappa shape index (κ1) is 22.4. The van der Waals surface area contributed by atoms with Gasteiger partial charge in [-0.05, 0) is 85.4 Å². The summed E-state index contributed by atoms with van der Waals surface area (Å²) in [6.07, 6.45) is 1.78. The molecule has 8 heteroatoms. The zero-order chi connectivity index (χ0) is 23.1. The molecule has 1 aliphatic rings. The number of aromatic nitrogens is 1. The second-order valence-electron chi connectivity index (χ2n) is 7.76. The fraction of sp³-hybridized carbons (Fsp3) is 0.120. The zero-order valence-corrected chi connectivity index (χ0v) is 21.3. The highest BCUT2D eigenvalue weighted by atomic mass is 79.9. The Kier molecular flexibility index (Phi) is 6.18. The summed E-state index contributed by atoms with van der Waals surface area (Å²) in [6, 6.07) is 20.8. The Hall–Kier alpha value is -2.38. The van der Waals surface area contributed by atoms with Gasteiger partial charge in [0.1, 0.15) is 17.6 Å². The normalized spacial score (nSPS) is 17.9. The lowest BCUT2D eigenvalue weighted by Gasteiger charge is -2.26. The van der Waals surface area contributed by atoms with Gasteiger partial charge in [-0.1, -0.05) is 45.2 Å². The van der Waals surface area contributed by atoms with E-state index >= 15 is 0 Å². The molecule has 0 aliphatic carbocycles. The number of pyridine rings is 1. The average molecular weight is 559 g/mol. The Morgan fingerprint density at radius 2 is 1.91 bits per heavy atom. The van der Waals surface area contributed by atoms with E-state index in [1.807, 2.05) is 48.5 Å². The maximum absolute atomic E-state index is 6.44. The molecule has 4 aromatic rings. The van der Waals surface area contributed by atoms with E-state index in [4.69, 9.17) is 39.8 Å². The van der Waals surface area contributed by atoms with E-state index in [0.29, 0.717) is 20.9 Å². The van der Waals surface area contributed by atoms with E-state index in [-0.39, 0.29) is 12.1 Å². The molecule has 0 bridgehead atoms. The number of benzene rings is 2. The predicted octanol–water partition coefficient (Wildman–Crippen LogP) is 7.90. The van der Waals surface area contributed by atoms with Crippen LogP contribution in [-0.2, 0) is 0 Å². The van der Waals surface area contributed by atoms with Crippen LogP contribution < -0.4 is 10.2 Å². The van der Waals surface area contributed by atoms with Crippen molar-refractivity contribution in [3.8, 4) is 11.3 Å². The van der Waals surface area contributed by atoms with E-state index in [9.17, 15) is 0 Å². The standard InChI is InChI=1S/C25H18BrCl2N3OS/c1-14-12-16(6-8-18(14)26)31-24(23(30-25(31)33)20-4-2-3-11-29-20)22-10-9-21(32-22)17-7-5-15(27)13-19(17)28/h2-13,23-24H,1H3,(H,30,33)/t23-,24+/m1/s1. The number of rotatable bonds is 4. The minimum atomic E-state index is -0.243. The van der Waals surface area contributed by atoms with Crippen molar-refractivity contribution in [2.45, 2.75) is 19.0 Å². The molecule has 33 heavy (non-hydrogen) atoms. The quantitative estimate of drug-likeness (QED) is 0.258. The van der Waals surface area contributed by atoms with Crippen molar-refractivity contribution in [2.75, 3.05) is 4.90 Å². The summed E-state index contributed by atoms with van der Waals surface area (Å²) in [4.78, 5) is 6.67. The van der Waals surface area contributed by atoms with Crippen molar-refractivity contribution in [3.63, 3.8) is 0 Å². The average Bonchev–Trinajstić information content (AvgIpc) is 3.41. The summed E-state index contributed by atoms with van der Waals surface area (Å²) in [5.41, 5.74) is 3.74. The van der Waals surface area contributed by atoms with Crippen molar-refractivity contribution in [3.05, 3.63) is 104 Å². The number of aryl methyl sites for hydroxylation is 1. The summed E-state index contributed by atoms with van der Waals surface area (Å²) >= 11 is 21.9. The van der Waals surface area contributed by atoms with Crippen molar-refractivity contribution in [1.29, 1.82) is 0 Å². The van der Waals surface area contributed by atoms with Crippen LogP contribution in [0.5, 0.6) is 0 Å². The third-order valence-corrected chi connectivity index (χ3v) is 7.38. The van der Waals surface area contributed by atoms with Crippen LogP contribution in [0.3, 0.4) is 0 Å². The van der Waals surface area contributed by atoms with E-state index < -0.39 is 0 Å². The Morgan fingerprint density at radius 3 is 2.64 bits per heavy atom. The van der Waals surface area contributed by atoms with E-state index in [0.717, 1.165) is 32.7 Å². The largest absolute Gasteiger partial charge is 0.459 e. The highest BCUT2D eigenvalue weighted by Crippen LogP contribution is 2.44. The van der Waals surface area contributed by atoms with Gasteiger partial charge in [-0.15, -0.1) is 0 Å². The molecule has 2 aromatic carbocycles. The monoisotopic (exact) mass is 557 g/mol. The van der Waals surface area contributed by atoms with Crippen LogP contribution in [0.1, 0.15) is 29.1 Å². The number of hydrogen-bond donors (Lipinski definition) is 1. The fourth-order valence-corrected chi connectivity index (χ4v) is 5.14. The van der Waals surface area contributed by atoms with Crippen LogP contribution >= 0.6 is 51.3 Å². The number of nitrogens with one attached hydrogen (secondary N) is 1. The van der Waals surface area contributed by atoms with Crippen molar-refractivity contribution in [2.24, 2.45) is 0 Å². The molecule has 1 N–H and O–H groups in total. The third-order valence-electron chi connectivity index (χ3n) is 5.63. The molecule has 5 rings (SSSR count). The molecule has 2 aromatic heterocycles. The summed E-state index contributed by atoms with van der Waals surface area (Å²) in [5, 5.41) is 5.17. The second-order valence-corrected chi connectivity index (χ2v) is 9.84. The van der Waals surface area contributed by atoms with Gasteiger partial charge in [0.2, 0.25) is 0 Å².